The third kappa shape index (κ3) is 5.10. The Morgan fingerprint density at radius 1 is 0.857 bits per heavy atom. The van der Waals surface area contributed by atoms with Gasteiger partial charge in [-0.3, -0.25) is 25.8 Å². The molecule has 2 amide bonds. The van der Waals surface area contributed by atoms with Gasteiger partial charge >= 0.3 is 0 Å². The van der Waals surface area contributed by atoms with Crippen LogP contribution < -0.4 is 16.2 Å². The minimum absolute atomic E-state index is 0.0585. The molecule has 1 aromatic heterocycles. The monoisotopic (exact) mass is 433 g/mol. The Morgan fingerprint density at radius 3 is 2.32 bits per heavy atom. The molecule has 3 rings (SSSR count). The van der Waals surface area contributed by atoms with Gasteiger partial charge in [-0.25, -0.2) is 0 Å². The molecule has 0 fully saturated rings. The van der Waals surface area contributed by atoms with Gasteiger partial charge in [0.1, 0.15) is 5.76 Å². The van der Waals surface area contributed by atoms with Crippen molar-refractivity contribution in [3.8, 4) is 11.3 Å². The van der Waals surface area contributed by atoms with Gasteiger partial charge in [-0.1, -0.05) is 35.3 Å². The topological polar surface area (TPSA) is 83.4 Å². The zero-order chi connectivity index (χ0) is 20.1. The molecule has 142 valence electrons. The van der Waals surface area contributed by atoms with Crippen molar-refractivity contribution in [2.24, 2.45) is 0 Å². The SMILES string of the molecule is O=C(NNC(=S)NC(=O)c1ccc(-c2cccc(Cl)c2)o1)c1ccc(Cl)cc1. The lowest BCUT2D eigenvalue weighted by Crippen LogP contribution is -2.48. The van der Waals surface area contributed by atoms with Crippen LogP contribution in [-0.4, -0.2) is 16.9 Å². The third-order valence-electron chi connectivity index (χ3n) is 3.56. The number of hydrogen-bond acceptors (Lipinski definition) is 4. The molecule has 0 aliphatic carbocycles. The summed E-state index contributed by atoms with van der Waals surface area (Å²) >= 11 is 16.7. The number of carbonyl (C=O) groups excluding carboxylic acids is 2. The molecule has 0 spiro atoms. The number of benzene rings is 2. The molecule has 0 bridgehead atoms. The zero-order valence-electron chi connectivity index (χ0n) is 14.2. The van der Waals surface area contributed by atoms with Crippen LogP contribution >= 0.6 is 35.4 Å². The van der Waals surface area contributed by atoms with Crippen LogP contribution in [0, 0.1) is 0 Å². The van der Waals surface area contributed by atoms with Crippen molar-refractivity contribution in [1.82, 2.24) is 16.2 Å². The van der Waals surface area contributed by atoms with Gasteiger partial charge in [-0.15, -0.1) is 0 Å². The summed E-state index contributed by atoms with van der Waals surface area (Å²) in [5.74, 6) is -0.452. The summed E-state index contributed by atoms with van der Waals surface area (Å²) in [5, 5.41) is 3.40. The summed E-state index contributed by atoms with van der Waals surface area (Å²) in [4.78, 5) is 24.2. The van der Waals surface area contributed by atoms with Crippen LogP contribution in [0.15, 0.2) is 65.1 Å². The standard InChI is InChI=1S/C19H13Cl2N3O3S/c20-13-6-4-11(5-7-13)17(25)23-24-19(28)22-18(26)16-9-8-15(27-16)12-2-1-3-14(21)10-12/h1-10H,(H,23,25)(H2,22,24,26,28). The highest BCUT2D eigenvalue weighted by Gasteiger charge is 2.14. The first-order valence-electron chi connectivity index (χ1n) is 7.95. The second kappa shape index (κ2) is 8.88. The Balaban J connectivity index is 1.55. The zero-order valence-corrected chi connectivity index (χ0v) is 16.5. The van der Waals surface area contributed by atoms with Crippen LogP contribution in [0.1, 0.15) is 20.9 Å². The summed E-state index contributed by atoms with van der Waals surface area (Å²) in [7, 11) is 0. The van der Waals surface area contributed by atoms with E-state index in [1.807, 2.05) is 6.07 Å². The number of nitrogens with one attached hydrogen (secondary N) is 3. The number of carbonyl (C=O) groups is 2. The first kappa shape index (κ1) is 19.9. The van der Waals surface area contributed by atoms with Crippen LogP contribution in [0.5, 0.6) is 0 Å². The Kier molecular flexibility index (Phi) is 6.30. The predicted octanol–water partition coefficient (Wildman–Crippen LogP) is 4.20. The van der Waals surface area contributed by atoms with Crippen molar-refractivity contribution < 1.29 is 14.0 Å². The van der Waals surface area contributed by atoms with E-state index in [0.29, 0.717) is 21.4 Å². The van der Waals surface area contributed by atoms with Gasteiger partial charge in [-0.2, -0.15) is 0 Å². The van der Waals surface area contributed by atoms with Crippen LogP contribution in [0.2, 0.25) is 10.0 Å². The minimum atomic E-state index is -0.563. The predicted molar refractivity (Wildman–Crippen MR) is 111 cm³/mol. The lowest BCUT2D eigenvalue weighted by molar-refractivity contribution is 0.0927. The van der Waals surface area contributed by atoms with Crippen molar-refractivity contribution in [2.75, 3.05) is 0 Å². The highest BCUT2D eigenvalue weighted by molar-refractivity contribution is 7.80. The van der Waals surface area contributed by atoms with Crippen molar-refractivity contribution in [1.29, 1.82) is 0 Å². The molecule has 0 saturated carbocycles. The van der Waals surface area contributed by atoms with E-state index in [4.69, 9.17) is 39.8 Å². The Morgan fingerprint density at radius 2 is 1.61 bits per heavy atom. The first-order valence-corrected chi connectivity index (χ1v) is 9.12. The number of rotatable bonds is 3. The molecule has 28 heavy (non-hydrogen) atoms. The largest absolute Gasteiger partial charge is 0.451 e. The molecule has 9 heteroatoms. The van der Waals surface area contributed by atoms with E-state index in [1.54, 1.807) is 48.5 Å². The maximum absolute atomic E-state index is 12.2. The molecule has 6 nitrogen and oxygen atoms in total. The Labute approximate surface area is 175 Å². The number of thiocarbonyl (C=S) groups is 1. The summed E-state index contributed by atoms with van der Waals surface area (Å²) in [6, 6.07) is 16.5. The number of amides is 2. The van der Waals surface area contributed by atoms with E-state index in [9.17, 15) is 9.59 Å². The quantitative estimate of drug-likeness (QED) is 0.425. The van der Waals surface area contributed by atoms with Gasteiger partial charge in [0.25, 0.3) is 11.8 Å². The van der Waals surface area contributed by atoms with Crippen molar-refractivity contribution >= 4 is 52.3 Å². The number of hydrogen-bond donors (Lipinski definition) is 3. The molecule has 3 aromatic rings. The molecule has 0 aliphatic heterocycles. The van der Waals surface area contributed by atoms with Crippen LogP contribution in [0.4, 0.5) is 0 Å². The Bertz CT molecular complexity index is 1030. The van der Waals surface area contributed by atoms with E-state index in [-0.39, 0.29) is 10.9 Å². The molecule has 0 unspecified atom stereocenters. The highest BCUT2D eigenvalue weighted by Crippen LogP contribution is 2.24. The maximum atomic E-state index is 12.2. The fraction of sp³-hybridized carbons (Fsp3) is 0. The number of furan rings is 1. The average Bonchev–Trinajstić information content (AvgIpc) is 3.17. The van der Waals surface area contributed by atoms with E-state index >= 15 is 0 Å². The molecule has 1 heterocycles. The fourth-order valence-corrected chi connectivity index (χ4v) is 2.70. The summed E-state index contributed by atoms with van der Waals surface area (Å²) < 4.78 is 5.54. The van der Waals surface area contributed by atoms with Crippen molar-refractivity contribution in [3.05, 3.63) is 82.0 Å². The van der Waals surface area contributed by atoms with Gasteiger partial charge in [0, 0.05) is 21.2 Å². The normalized spacial score (nSPS) is 10.2. The minimum Gasteiger partial charge on any atom is -0.451 e. The van der Waals surface area contributed by atoms with Crippen molar-refractivity contribution in [3.63, 3.8) is 0 Å². The molecule has 0 radical (unpaired) electrons. The molecule has 0 aliphatic rings. The van der Waals surface area contributed by atoms with Gasteiger partial charge < -0.3 is 4.42 Å². The van der Waals surface area contributed by atoms with E-state index in [0.717, 1.165) is 5.56 Å². The van der Waals surface area contributed by atoms with Crippen LogP contribution in [0.3, 0.4) is 0 Å². The highest BCUT2D eigenvalue weighted by atomic mass is 35.5. The lowest BCUT2D eigenvalue weighted by Gasteiger charge is -2.10. The third-order valence-corrected chi connectivity index (χ3v) is 4.25. The van der Waals surface area contributed by atoms with Gasteiger partial charge in [0.05, 0.1) is 0 Å². The maximum Gasteiger partial charge on any atom is 0.293 e. The second-order valence-electron chi connectivity index (χ2n) is 5.54. The summed E-state index contributed by atoms with van der Waals surface area (Å²) in [6.45, 7) is 0. The van der Waals surface area contributed by atoms with Crippen LogP contribution in [-0.2, 0) is 0 Å². The smallest absolute Gasteiger partial charge is 0.293 e. The van der Waals surface area contributed by atoms with Gasteiger partial charge in [0.15, 0.2) is 10.9 Å². The van der Waals surface area contributed by atoms with Crippen molar-refractivity contribution in [2.45, 2.75) is 0 Å². The van der Waals surface area contributed by atoms with Gasteiger partial charge in [0.2, 0.25) is 0 Å². The Hall–Kier alpha value is -2.87. The molecule has 2 aromatic carbocycles. The van der Waals surface area contributed by atoms with Crippen LogP contribution in [0.25, 0.3) is 11.3 Å². The average molecular weight is 434 g/mol. The van der Waals surface area contributed by atoms with E-state index < -0.39 is 11.8 Å². The lowest BCUT2D eigenvalue weighted by atomic mass is 10.2. The van der Waals surface area contributed by atoms with E-state index in [1.165, 1.54) is 6.07 Å². The summed E-state index contributed by atoms with van der Waals surface area (Å²) in [6.07, 6.45) is 0. The number of hydrazine groups is 1. The fourth-order valence-electron chi connectivity index (χ4n) is 2.24. The van der Waals surface area contributed by atoms with E-state index in [2.05, 4.69) is 16.2 Å². The molecule has 0 saturated heterocycles. The summed E-state index contributed by atoms with van der Waals surface area (Å²) in [5.41, 5.74) is 5.95. The first-order chi connectivity index (χ1) is 13.4. The second-order valence-corrected chi connectivity index (χ2v) is 6.82. The number of halogens is 2. The molecular formula is C19H13Cl2N3O3S. The molecule has 0 atom stereocenters. The van der Waals surface area contributed by atoms with Gasteiger partial charge in [-0.05, 0) is 60.7 Å². The molecular weight excluding hydrogens is 421 g/mol. The molecule has 3 N–H and O–H groups in total.